The van der Waals surface area contributed by atoms with Crippen LogP contribution in [0.4, 0.5) is 5.69 Å². The standard InChI is InChI=1S/C23H22BrN3O3/c1-30-21-9-8-17(24)13-16(21)14-25-22(28)10-11-23(29)27-15-18-5-4-12-26(18)19-6-2-3-7-20(19)27/h2-9,12-13H,10-11,14-15H2,1H3,(H,25,28). The van der Waals surface area contributed by atoms with Crippen molar-refractivity contribution in [3.05, 3.63) is 76.5 Å². The molecular weight excluding hydrogens is 446 g/mol. The highest BCUT2D eigenvalue weighted by Gasteiger charge is 2.25. The number of hydrogen-bond donors (Lipinski definition) is 1. The first-order valence-electron chi connectivity index (χ1n) is 9.72. The fourth-order valence-corrected chi connectivity index (χ4v) is 4.08. The minimum atomic E-state index is -0.168. The van der Waals surface area contributed by atoms with Crippen LogP contribution < -0.4 is 15.0 Å². The minimum absolute atomic E-state index is 0.0647. The van der Waals surface area contributed by atoms with Crippen molar-refractivity contribution in [2.45, 2.75) is 25.9 Å². The molecule has 0 fully saturated rings. The molecule has 1 aromatic heterocycles. The van der Waals surface area contributed by atoms with Gasteiger partial charge in [0.1, 0.15) is 5.75 Å². The number of methoxy groups -OCH3 is 1. The van der Waals surface area contributed by atoms with Gasteiger partial charge in [0.25, 0.3) is 0 Å². The van der Waals surface area contributed by atoms with Gasteiger partial charge in [-0.3, -0.25) is 9.59 Å². The number of carbonyl (C=O) groups is 2. The molecule has 0 saturated carbocycles. The van der Waals surface area contributed by atoms with Crippen molar-refractivity contribution in [1.29, 1.82) is 0 Å². The lowest BCUT2D eigenvalue weighted by Crippen LogP contribution is -2.35. The molecule has 0 radical (unpaired) electrons. The molecule has 154 valence electrons. The number of hydrogen-bond acceptors (Lipinski definition) is 3. The molecule has 7 heteroatoms. The summed E-state index contributed by atoms with van der Waals surface area (Å²) in [6.45, 7) is 0.843. The molecule has 2 amide bonds. The van der Waals surface area contributed by atoms with Crippen molar-refractivity contribution >= 4 is 33.4 Å². The maximum absolute atomic E-state index is 12.9. The van der Waals surface area contributed by atoms with Crippen molar-refractivity contribution in [3.8, 4) is 11.4 Å². The molecule has 3 aromatic rings. The highest BCUT2D eigenvalue weighted by molar-refractivity contribution is 9.10. The smallest absolute Gasteiger partial charge is 0.227 e. The zero-order valence-electron chi connectivity index (χ0n) is 16.6. The second kappa shape index (κ2) is 8.75. The fourth-order valence-electron chi connectivity index (χ4n) is 3.67. The predicted molar refractivity (Wildman–Crippen MR) is 119 cm³/mol. The van der Waals surface area contributed by atoms with Gasteiger partial charge in [-0.25, -0.2) is 0 Å². The van der Waals surface area contributed by atoms with Crippen LogP contribution >= 0.6 is 15.9 Å². The van der Waals surface area contributed by atoms with E-state index >= 15 is 0 Å². The average molecular weight is 468 g/mol. The first-order valence-corrected chi connectivity index (χ1v) is 10.5. The van der Waals surface area contributed by atoms with Gasteiger partial charge < -0.3 is 19.5 Å². The number of anilines is 1. The lowest BCUT2D eigenvalue weighted by Gasteiger charge is -2.31. The van der Waals surface area contributed by atoms with Crippen LogP contribution in [0.25, 0.3) is 5.69 Å². The Labute approximate surface area is 183 Å². The Kier molecular flexibility index (Phi) is 5.90. The van der Waals surface area contributed by atoms with Crippen LogP contribution in [-0.4, -0.2) is 23.5 Å². The second-order valence-electron chi connectivity index (χ2n) is 7.07. The lowest BCUT2D eigenvalue weighted by molar-refractivity contribution is -0.125. The molecule has 30 heavy (non-hydrogen) atoms. The normalized spacial score (nSPS) is 12.1. The van der Waals surface area contributed by atoms with E-state index in [2.05, 4.69) is 25.8 Å². The van der Waals surface area contributed by atoms with Crippen LogP contribution in [0.15, 0.2) is 65.3 Å². The van der Waals surface area contributed by atoms with Gasteiger partial charge in [0.2, 0.25) is 11.8 Å². The molecule has 0 atom stereocenters. The van der Waals surface area contributed by atoms with Gasteiger partial charge >= 0.3 is 0 Å². The number of nitrogens with one attached hydrogen (secondary N) is 1. The Balaban J connectivity index is 1.37. The molecule has 1 aliphatic heterocycles. The number of nitrogens with zero attached hydrogens (tertiary/aromatic N) is 2. The number of amides is 2. The van der Waals surface area contributed by atoms with E-state index in [1.54, 1.807) is 12.0 Å². The highest BCUT2D eigenvalue weighted by atomic mass is 79.9. The van der Waals surface area contributed by atoms with E-state index in [0.717, 1.165) is 27.1 Å². The molecule has 0 aliphatic carbocycles. The summed E-state index contributed by atoms with van der Waals surface area (Å²) in [5, 5.41) is 2.88. The van der Waals surface area contributed by atoms with Crippen LogP contribution in [0.2, 0.25) is 0 Å². The van der Waals surface area contributed by atoms with Crippen molar-refractivity contribution < 1.29 is 14.3 Å². The largest absolute Gasteiger partial charge is 0.496 e. The molecule has 6 nitrogen and oxygen atoms in total. The number of halogens is 1. The van der Waals surface area contributed by atoms with Crippen molar-refractivity contribution in [2.75, 3.05) is 12.0 Å². The summed E-state index contributed by atoms with van der Waals surface area (Å²) in [6.07, 6.45) is 2.28. The van der Waals surface area contributed by atoms with Crippen LogP contribution in [0.1, 0.15) is 24.1 Å². The molecule has 0 bridgehead atoms. The Morgan fingerprint density at radius 2 is 1.87 bits per heavy atom. The summed E-state index contributed by atoms with van der Waals surface area (Å²) >= 11 is 3.43. The minimum Gasteiger partial charge on any atom is -0.496 e. The first-order chi connectivity index (χ1) is 14.6. The Morgan fingerprint density at radius 3 is 2.67 bits per heavy atom. The molecule has 2 heterocycles. The molecule has 0 saturated heterocycles. The summed E-state index contributed by atoms with van der Waals surface area (Å²) in [5.74, 6) is 0.478. The van der Waals surface area contributed by atoms with Gasteiger partial charge in [0, 0.05) is 41.3 Å². The van der Waals surface area contributed by atoms with Crippen LogP contribution in [0.3, 0.4) is 0 Å². The van der Waals surface area contributed by atoms with Gasteiger partial charge in [0.05, 0.1) is 25.0 Å². The van der Waals surface area contributed by atoms with E-state index < -0.39 is 0 Å². The molecule has 0 unspecified atom stereocenters. The van der Waals surface area contributed by atoms with Gasteiger partial charge in [-0.2, -0.15) is 0 Å². The molecular formula is C23H22BrN3O3. The maximum Gasteiger partial charge on any atom is 0.227 e. The van der Waals surface area contributed by atoms with E-state index in [0.29, 0.717) is 18.8 Å². The Bertz CT molecular complexity index is 1090. The number of carbonyl (C=O) groups excluding carboxylic acids is 2. The van der Waals surface area contributed by atoms with Crippen LogP contribution in [-0.2, 0) is 22.7 Å². The van der Waals surface area contributed by atoms with Gasteiger partial charge in [-0.1, -0.05) is 28.1 Å². The quantitative estimate of drug-likeness (QED) is 0.590. The Morgan fingerprint density at radius 1 is 1.07 bits per heavy atom. The first kappa shape index (κ1) is 20.2. The van der Waals surface area contributed by atoms with E-state index in [4.69, 9.17) is 4.74 Å². The third kappa shape index (κ3) is 4.11. The van der Waals surface area contributed by atoms with E-state index in [1.165, 1.54) is 0 Å². The van der Waals surface area contributed by atoms with Crippen molar-refractivity contribution in [1.82, 2.24) is 9.88 Å². The van der Waals surface area contributed by atoms with Crippen LogP contribution in [0, 0.1) is 0 Å². The summed E-state index contributed by atoms with van der Waals surface area (Å²) in [6, 6.07) is 17.4. The maximum atomic E-state index is 12.9. The third-order valence-corrected chi connectivity index (χ3v) is 5.66. The monoisotopic (exact) mass is 467 g/mol. The molecule has 1 N–H and O–H groups in total. The lowest BCUT2D eigenvalue weighted by atomic mass is 10.1. The number of aromatic nitrogens is 1. The van der Waals surface area contributed by atoms with E-state index in [1.807, 2.05) is 60.8 Å². The fraction of sp³-hybridized carbons (Fsp3) is 0.217. The topological polar surface area (TPSA) is 63.6 Å². The van der Waals surface area contributed by atoms with Crippen molar-refractivity contribution in [3.63, 3.8) is 0 Å². The average Bonchev–Trinajstić information content (AvgIpc) is 3.24. The van der Waals surface area contributed by atoms with Crippen molar-refractivity contribution in [2.24, 2.45) is 0 Å². The predicted octanol–water partition coefficient (Wildman–Crippen LogP) is 4.19. The zero-order chi connectivity index (χ0) is 21.1. The highest BCUT2D eigenvalue weighted by Crippen LogP contribution is 2.32. The van der Waals surface area contributed by atoms with Gasteiger partial charge in [0.15, 0.2) is 0 Å². The number of ether oxygens (including phenoxy) is 1. The Hall–Kier alpha value is -3.06. The van der Waals surface area contributed by atoms with E-state index in [-0.39, 0.29) is 24.7 Å². The van der Waals surface area contributed by atoms with Gasteiger partial charge in [-0.15, -0.1) is 0 Å². The molecule has 1 aliphatic rings. The third-order valence-electron chi connectivity index (χ3n) is 5.17. The van der Waals surface area contributed by atoms with Crippen LogP contribution in [0.5, 0.6) is 5.75 Å². The number of rotatable bonds is 6. The number of para-hydroxylation sites is 2. The molecule has 2 aromatic carbocycles. The summed E-state index contributed by atoms with van der Waals surface area (Å²) < 4.78 is 8.34. The summed E-state index contributed by atoms with van der Waals surface area (Å²) in [7, 11) is 1.60. The molecule has 0 spiro atoms. The number of fused-ring (bicyclic) bond motifs is 3. The zero-order valence-corrected chi connectivity index (χ0v) is 18.2. The van der Waals surface area contributed by atoms with Gasteiger partial charge in [-0.05, 0) is 42.5 Å². The molecule has 4 rings (SSSR count). The summed E-state index contributed by atoms with van der Waals surface area (Å²) in [4.78, 5) is 27.0. The second-order valence-corrected chi connectivity index (χ2v) is 7.99. The summed E-state index contributed by atoms with van der Waals surface area (Å²) in [5.41, 5.74) is 3.76. The number of benzene rings is 2. The van der Waals surface area contributed by atoms with E-state index in [9.17, 15) is 9.59 Å². The SMILES string of the molecule is COc1ccc(Br)cc1CNC(=O)CCC(=O)N1Cc2cccn2-c2ccccc21.